The van der Waals surface area contributed by atoms with Gasteiger partial charge in [-0.3, -0.25) is 9.59 Å². The van der Waals surface area contributed by atoms with Gasteiger partial charge < -0.3 is 14.5 Å². The van der Waals surface area contributed by atoms with Crippen LogP contribution < -0.4 is 4.90 Å². The van der Waals surface area contributed by atoms with Crippen molar-refractivity contribution in [2.45, 2.75) is 26.7 Å². The summed E-state index contributed by atoms with van der Waals surface area (Å²) in [6, 6.07) is 2.81. The molecule has 1 saturated heterocycles. The molecule has 3 aromatic rings. The number of benzene rings is 1. The highest BCUT2D eigenvalue weighted by atomic mass is 19.1. The number of amides is 1. The van der Waals surface area contributed by atoms with Gasteiger partial charge in [-0.2, -0.15) is 14.6 Å². The molecule has 9 nitrogen and oxygen atoms in total. The third kappa shape index (κ3) is 4.76. The van der Waals surface area contributed by atoms with Gasteiger partial charge in [-0.15, -0.1) is 0 Å². The number of hydrogen-bond acceptors (Lipinski definition) is 7. The van der Waals surface area contributed by atoms with Crippen LogP contribution in [0.15, 0.2) is 24.5 Å². The lowest BCUT2D eigenvalue weighted by Gasteiger charge is -2.37. The third-order valence-corrected chi connectivity index (χ3v) is 5.57. The number of esters is 1. The van der Waals surface area contributed by atoms with E-state index in [1.165, 1.54) is 6.33 Å². The molecule has 0 bridgehead atoms. The van der Waals surface area contributed by atoms with Gasteiger partial charge in [-0.25, -0.2) is 13.8 Å². The highest BCUT2D eigenvalue weighted by Gasteiger charge is 2.27. The van der Waals surface area contributed by atoms with E-state index in [0.717, 1.165) is 35.3 Å². The average Bonchev–Trinajstić information content (AvgIpc) is 3.24. The fourth-order valence-electron chi connectivity index (χ4n) is 4.03. The number of halogens is 2. The Morgan fingerprint density at radius 1 is 1.09 bits per heavy atom. The summed E-state index contributed by atoms with van der Waals surface area (Å²) < 4.78 is 33.8. The maximum atomic E-state index is 13.5. The molecule has 1 aliphatic rings. The molecule has 33 heavy (non-hydrogen) atoms. The van der Waals surface area contributed by atoms with Gasteiger partial charge in [0, 0.05) is 55.5 Å². The highest BCUT2D eigenvalue weighted by Crippen LogP contribution is 2.26. The molecule has 0 atom stereocenters. The van der Waals surface area contributed by atoms with Crippen molar-refractivity contribution in [1.29, 1.82) is 0 Å². The number of carbonyl (C=O) groups is 2. The SMILES string of the molecule is CCOC(=O)CCc1c(C)nc2ncnn2c1N1CCN(C(=O)c2cc(F)cc(F)c2)CC1. The highest BCUT2D eigenvalue weighted by molar-refractivity contribution is 5.94. The minimum absolute atomic E-state index is 0.0190. The zero-order valence-corrected chi connectivity index (χ0v) is 18.4. The Hall–Kier alpha value is -3.63. The number of ether oxygens (including phenoxy) is 1. The summed E-state index contributed by atoms with van der Waals surface area (Å²) >= 11 is 0. The predicted molar refractivity (Wildman–Crippen MR) is 115 cm³/mol. The molecule has 0 radical (unpaired) electrons. The van der Waals surface area contributed by atoms with Crippen LogP contribution in [0.4, 0.5) is 14.6 Å². The molecule has 3 heterocycles. The number of carbonyl (C=O) groups excluding carboxylic acids is 2. The largest absolute Gasteiger partial charge is 0.466 e. The molecule has 4 rings (SSSR count). The Bertz CT molecular complexity index is 1170. The second-order valence-corrected chi connectivity index (χ2v) is 7.71. The van der Waals surface area contributed by atoms with Gasteiger partial charge in [0.15, 0.2) is 0 Å². The van der Waals surface area contributed by atoms with E-state index in [9.17, 15) is 18.4 Å². The van der Waals surface area contributed by atoms with Crippen LogP contribution in [-0.2, 0) is 16.0 Å². The summed E-state index contributed by atoms with van der Waals surface area (Å²) in [5, 5.41) is 4.30. The molecule has 0 spiro atoms. The van der Waals surface area contributed by atoms with Crippen molar-refractivity contribution in [2.24, 2.45) is 0 Å². The monoisotopic (exact) mass is 458 g/mol. The average molecular weight is 458 g/mol. The lowest BCUT2D eigenvalue weighted by Crippen LogP contribution is -2.49. The van der Waals surface area contributed by atoms with Crippen LogP contribution in [0.3, 0.4) is 0 Å². The van der Waals surface area contributed by atoms with E-state index in [2.05, 4.69) is 20.0 Å². The summed E-state index contributed by atoms with van der Waals surface area (Å²) in [5.41, 5.74) is 1.58. The summed E-state index contributed by atoms with van der Waals surface area (Å²) in [6.07, 6.45) is 2.04. The molecule has 11 heteroatoms. The summed E-state index contributed by atoms with van der Waals surface area (Å²) in [5.74, 6) is -1.08. The van der Waals surface area contributed by atoms with Crippen molar-refractivity contribution in [3.05, 3.63) is 53.0 Å². The first-order chi connectivity index (χ1) is 15.9. The van der Waals surface area contributed by atoms with Crippen molar-refractivity contribution < 1.29 is 23.1 Å². The maximum Gasteiger partial charge on any atom is 0.306 e. The van der Waals surface area contributed by atoms with Crippen LogP contribution in [0.1, 0.15) is 35.0 Å². The molecule has 2 aromatic heterocycles. The number of nitrogens with zero attached hydrogens (tertiary/aromatic N) is 6. The number of fused-ring (bicyclic) bond motifs is 1. The van der Waals surface area contributed by atoms with Crippen molar-refractivity contribution in [3.63, 3.8) is 0 Å². The first-order valence-corrected chi connectivity index (χ1v) is 10.7. The van der Waals surface area contributed by atoms with Gasteiger partial charge in [0.25, 0.3) is 11.7 Å². The first-order valence-electron chi connectivity index (χ1n) is 10.7. The van der Waals surface area contributed by atoms with Crippen molar-refractivity contribution in [1.82, 2.24) is 24.5 Å². The standard InChI is InChI=1S/C22H24F2N6O3/c1-3-33-19(31)5-4-18-14(2)27-22-25-13-26-30(22)20(18)28-6-8-29(9-7-28)21(32)15-10-16(23)12-17(24)11-15/h10-13H,3-9H2,1-2H3. The Morgan fingerprint density at radius 3 is 2.45 bits per heavy atom. The Labute approximate surface area is 189 Å². The zero-order valence-electron chi connectivity index (χ0n) is 18.4. The van der Waals surface area contributed by atoms with Gasteiger partial charge in [-0.1, -0.05) is 0 Å². The molecule has 0 N–H and O–H groups in total. The molecule has 1 aromatic carbocycles. The quantitative estimate of drug-likeness (QED) is 0.523. The lowest BCUT2D eigenvalue weighted by atomic mass is 10.1. The molecular weight excluding hydrogens is 434 g/mol. The van der Waals surface area contributed by atoms with E-state index in [0.29, 0.717) is 45.0 Å². The fourth-order valence-corrected chi connectivity index (χ4v) is 4.03. The van der Waals surface area contributed by atoms with Crippen molar-refractivity contribution in [3.8, 4) is 0 Å². The van der Waals surface area contributed by atoms with Crippen LogP contribution in [0.2, 0.25) is 0 Å². The molecule has 174 valence electrons. The Kier molecular flexibility index (Phi) is 6.47. The number of aryl methyl sites for hydroxylation is 1. The minimum atomic E-state index is -0.788. The van der Waals surface area contributed by atoms with Crippen LogP contribution in [0.25, 0.3) is 5.78 Å². The number of rotatable bonds is 6. The zero-order chi connectivity index (χ0) is 23.5. The topological polar surface area (TPSA) is 92.9 Å². The minimum Gasteiger partial charge on any atom is -0.466 e. The molecule has 0 unspecified atom stereocenters. The lowest BCUT2D eigenvalue weighted by molar-refractivity contribution is -0.143. The van der Waals surface area contributed by atoms with Gasteiger partial charge >= 0.3 is 5.97 Å². The van der Waals surface area contributed by atoms with Gasteiger partial charge in [0.1, 0.15) is 23.8 Å². The van der Waals surface area contributed by atoms with Crippen LogP contribution in [0.5, 0.6) is 0 Å². The van der Waals surface area contributed by atoms with Crippen molar-refractivity contribution in [2.75, 3.05) is 37.7 Å². The number of piperazine rings is 1. The summed E-state index contributed by atoms with van der Waals surface area (Å²) in [4.78, 5) is 37.0. The van der Waals surface area contributed by atoms with Gasteiger partial charge in [0.05, 0.1) is 6.61 Å². The number of aromatic nitrogens is 4. The van der Waals surface area contributed by atoms with E-state index in [-0.39, 0.29) is 18.0 Å². The molecule has 1 aliphatic heterocycles. The predicted octanol–water partition coefficient (Wildman–Crippen LogP) is 2.17. The first kappa shape index (κ1) is 22.6. The van der Waals surface area contributed by atoms with Crippen LogP contribution >= 0.6 is 0 Å². The van der Waals surface area contributed by atoms with E-state index >= 15 is 0 Å². The van der Waals surface area contributed by atoms with Crippen LogP contribution in [0, 0.1) is 18.6 Å². The summed E-state index contributed by atoms with van der Waals surface area (Å²) in [7, 11) is 0. The number of hydrogen-bond donors (Lipinski definition) is 0. The molecular formula is C22H24F2N6O3. The summed E-state index contributed by atoms with van der Waals surface area (Å²) in [6.45, 7) is 5.57. The van der Waals surface area contributed by atoms with Crippen LogP contribution in [-0.4, -0.2) is 69.1 Å². The van der Waals surface area contributed by atoms with E-state index in [1.807, 2.05) is 6.92 Å². The normalized spacial score (nSPS) is 14.1. The second kappa shape index (κ2) is 9.47. The molecule has 1 amide bonds. The van der Waals surface area contributed by atoms with E-state index in [1.54, 1.807) is 16.3 Å². The maximum absolute atomic E-state index is 13.5. The van der Waals surface area contributed by atoms with Crippen molar-refractivity contribution >= 4 is 23.5 Å². The number of anilines is 1. The Balaban J connectivity index is 1.56. The van der Waals surface area contributed by atoms with E-state index < -0.39 is 17.5 Å². The van der Waals surface area contributed by atoms with Gasteiger partial charge in [0.2, 0.25) is 0 Å². The smallest absolute Gasteiger partial charge is 0.306 e. The molecule has 0 aliphatic carbocycles. The van der Waals surface area contributed by atoms with Gasteiger partial charge in [-0.05, 0) is 32.4 Å². The van der Waals surface area contributed by atoms with E-state index in [4.69, 9.17) is 4.74 Å². The Morgan fingerprint density at radius 2 is 1.79 bits per heavy atom. The molecule has 0 saturated carbocycles. The third-order valence-electron chi connectivity index (χ3n) is 5.57. The molecule has 1 fully saturated rings. The fraction of sp³-hybridized carbons (Fsp3) is 0.409. The second-order valence-electron chi connectivity index (χ2n) is 7.71.